The zero-order chi connectivity index (χ0) is 9.42. The van der Waals surface area contributed by atoms with Crippen molar-refractivity contribution in [1.82, 2.24) is 9.97 Å². The van der Waals surface area contributed by atoms with Gasteiger partial charge < -0.3 is 4.98 Å². The number of hydrogen-bond acceptors (Lipinski definition) is 3. The zero-order valence-corrected chi connectivity index (χ0v) is 7.39. The van der Waals surface area contributed by atoms with E-state index in [-0.39, 0.29) is 17.2 Å². The molecule has 0 amide bonds. The Morgan fingerprint density at radius 2 is 2.23 bits per heavy atom. The summed E-state index contributed by atoms with van der Waals surface area (Å²) in [5.41, 5.74) is 1.41. The molecule has 1 N–H and O–H groups in total. The Bertz CT molecular complexity index is 420. The third-order valence-electron chi connectivity index (χ3n) is 2.27. The highest BCUT2D eigenvalue weighted by Gasteiger charge is 2.17. The van der Waals surface area contributed by atoms with Gasteiger partial charge in [-0.3, -0.25) is 9.59 Å². The Labute approximate surface area is 75.0 Å². The molecule has 1 aliphatic rings. The van der Waals surface area contributed by atoms with Crippen molar-refractivity contribution in [2.75, 3.05) is 0 Å². The van der Waals surface area contributed by atoms with Gasteiger partial charge in [0.05, 0.1) is 5.69 Å². The standard InChI is InChI=1S/C9H10N2O2/c1-5(12)8-10-7-4-2-3-6(7)9(13)11-8/h2-4H2,1H3,(H,10,11,13). The Morgan fingerprint density at radius 3 is 2.92 bits per heavy atom. The molecule has 4 nitrogen and oxygen atoms in total. The van der Waals surface area contributed by atoms with E-state index >= 15 is 0 Å². The van der Waals surface area contributed by atoms with Crippen LogP contribution in [0.25, 0.3) is 0 Å². The van der Waals surface area contributed by atoms with E-state index in [1.54, 1.807) is 0 Å². The largest absolute Gasteiger partial charge is 0.304 e. The molecule has 0 saturated carbocycles. The third-order valence-corrected chi connectivity index (χ3v) is 2.27. The summed E-state index contributed by atoms with van der Waals surface area (Å²) in [5, 5.41) is 0. The van der Waals surface area contributed by atoms with Crippen molar-refractivity contribution in [3.8, 4) is 0 Å². The van der Waals surface area contributed by atoms with Gasteiger partial charge in [0, 0.05) is 12.5 Å². The van der Waals surface area contributed by atoms with Crippen molar-refractivity contribution in [3.05, 3.63) is 27.4 Å². The molecule has 1 heterocycles. The average Bonchev–Trinajstić information content (AvgIpc) is 2.51. The summed E-state index contributed by atoms with van der Waals surface area (Å²) in [4.78, 5) is 29.0. The van der Waals surface area contributed by atoms with E-state index < -0.39 is 0 Å². The molecule has 0 unspecified atom stereocenters. The number of aromatic amines is 1. The lowest BCUT2D eigenvalue weighted by molar-refractivity contribution is 0.100. The quantitative estimate of drug-likeness (QED) is 0.635. The number of ketones is 1. The van der Waals surface area contributed by atoms with Gasteiger partial charge in [-0.25, -0.2) is 4.98 Å². The van der Waals surface area contributed by atoms with E-state index in [4.69, 9.17) is 0 Å². The van der Waals surface area contributed by atoms with Crippen molar-refractivity contribution >= 4 is 5.78 Å². The predicted octanol–water partition coefficient (Wildman–Crippen LogP) is 0.461. The number of aromatic nitrogens is 2. The number of nitrogens with one attached hydrogen (secondary N) is 1. The Kier molecular flexibility index (Phi) is 1.76. The molecule has 1 aromatic heterocycles. The van der Waals surface area contributed by atoms with Gasteiger partial charge in [-0.15, -0.1) is 0 Å². The van der Waals surface area contributed by atoms with E-state index in [9.17, 15) is 9.59 Å². The topological polar surface area (TPSA) is 62.8 Å². The maximum atomic E-state index is 11.4. The lowest BCUT2D eigenvalue weighted by Gasteiger charge is -1.99. The van der Waals surface area contributed by atoms with Crippen molar-refractivity contribution in [3.63, 3.8) is 0 Å². The third kappa shape index (κ3) is 1.28. The summed E-state index contributed by atoms with van der Waals surface area (Å²) >= 11 is 0. The van der Waals surface area contributed by atoms with Crippen LogP contribution in [0, 0.1) is 0 Å². The van der Waals surface area contributed by atoms with Crippen LogP contribution in [0.4, 0.5) is 0 Å². The minimum Gasteiger partial charge on any atom is -0.304 e. The molecule has 1 aliphatic carbocycles. The molecule has 68 valence electrons. The van der Waals surface area contributed by atoms with Crippen LogP contribution in [-0.4, -0.2) is 15.8 Å². The first-order valence-electron chi connectivity index (χ1n) is 4.31. The highest BCUT2D eigenvalue weighted by atomic mass is 16.1. The predicted molar refractivity (Wildman–Crippen MR) is 46.9 cm³/mol. The second-order valence-corrected chi connectivity index (χ2v) is 3.25. The molecule has 0 atom stereocenters. The number of carbonyl (C=O) groups is 1. The van der Waals surface area contributed by atoms with Crippen molar-refractivity contribution < 1.29 is 4.79 Å². The minimum atomic E-state index is -0.188. The molecular formula is C9H10N2O2. The fourth-order valence-electron chi connectivity index (χ4n) is 1.61. The summed E-state index contributed by atoms with van der Waals surface area (Å²) in [6.45, 7) is 1.40. The number of H-pyrrole nitrogens is 1. The molecule has 2 rings (SSSR count). The Hall–Kier alpha value is -1.45. The van der Waals surface area contributed by atoms with Crippen LogP contribution >= 0.6 is 0 Å². The molecule has 0 radical (unpaired) electrons. The smallest absolute Gasteiger partial charge is 0.254 e. The lowest BCUT2D eigenvalue weighted by atomic mass is 10.2. The first-order chi connectivity index (χ1) is 6.18. The zero-order valence-electron chi connectivity index (χ0n) is 7.39. The fourth-order valence-corrected chi connectivity index (χ4v) is 1.61. The van der Waals surface area contributed by atoms with Gasteiger partial charge in [0.25, 0.3) is 5.56 Å². The van der Waals surface area contributed by atoms with Crippen molar-refractivity contribution in [2.45, 2.75) is 26.2 Å². The van der Waals surface area contributed by atoms with Crippen LogP contribution in [0.1, 0.15) is 35.2 Å². The summed E-state index contributed by atoms with van der Waals surface area (Å²) < 4.78 is 0. The molecule has 0 aliphatic heterocycles. The Balaban J connectivity index is 2.62. The van der Waals surface area contributed by atoms with E-state index in [0.29, 0.717) is 0 Å². The molecule has 0 fully saturated rings. The maximum absolute atomic E-state index is 11.4. The van der Waals surface area contributed by atoms with Crippen molar-refractivity contribution in [2.24, 2.45) is 0 Å². The van der Waals surface area contributed by atoms with E-state index in [2.05, 4.69) is 9.97 Å². The number of fused-ring (bicyclic) bond motifs is 1. The van der Waals surface area contributed by atoms with E-state index in [1.807, 2.05) is 0 Å². The molecular weight excluding hydrogens is 168 g/mol. The van der Waals surface area contributed by atoms with Crippen molar-refractivity contribution in [1.29, 1.82) is 0 Å². The van der Waals surface area contributed by atoms with E-state index in [1.165, 1.54) is 6.92 Å². The number of rotatable bonds is 1. The molecule has 0 aromatic carbocycles. The highest BCUT2D eigenvalue weighted by Crippen LogP contribution is 2.15. The summed E-state index contributed by atoms with van der Waals surface area (Å²) in [6.07, 6.45) is 2.57. The average molecular weight is 178 g/mol. The number of Topliss-reactive ketones (excluding diaryl/α,β-unsaturated/α-hetero) is 1. The van der Waals surface area contributed by atoms with Crippen LogP contribution in [0.3, 0.4) is 0 Å². The lowest BCUT2D eigenvalue weighted by Crippen LogP contribution is -2.18. The molecule has 0 saturated heterocycles. The van der Waals surface area contributed by atoms with Crippen LogP contribution < -0.4 is 5.56 Å². The molecule has 13 heavy (non-hydrogen) atoms. The summed E-state index contributed by atoms with van der Waals surface area (Å²) in [5.74, 6) is -0.00236. The molecule has 1 aromatic rings. The number of aryl methyl sites for hydroxylation is 1. The van der Waals surface area contributed by atoms with E-state index in [0.717, 1.165) is 30.5 Å². The minimum absolute atomic E-state index is 0.146. The number of carbonyl (C=O) groups excluding carboxylic acids is 1. The number of nitrogens with zero attached hydrogens (tertiary/aromatic N) is 1. The first-order valence-corrected chi connectivity index (χ1v) is 4.31. The van der Waals surface area contributed by atoms with Gasteiger partial charge in [0.15, 0.2) is 11.6 Å². The maximum Gasteiger partial charge on any atom is 0.254 e. The van der Waals surface area contributed by atoms with Gasteiger partial charge in [-0.2, -0.15) is 0 Å². The van der Waals surface area contributed by atoms with Gasteiger partial charge in [-0.05, 0) is 19.3 Å². The summed E-state index contributed by atoms with van der Waals surface area (Å²) in [6, 6.07) is 0. The molecule has 0 bridgehead atoms. The Morgan fingerprint density at radius 1 is 1.46 bits per heavy atom. The fraction of sp³-hybridized carbons (Fsp3) is 0.444. The second-order valence-electron chi connectivity index (χ2n) is 3.25. The van der Waals surface area contributed by atoms with Crippen LogP contribution in [-0.2, 0) is 12.8 Å². The van der Waals surface area contributed by atoms with Gasteiger partial charge >= 0.3 is 0 Å². The first kappa shape index (κ1) is 8.16. The second kappa shape index (κ2) is 2.80. The van der Waals surface area contributed by atoms with Gasteiger partial charge in [0.2, 0.25) is 0 Å². The van der Waals surface area contributed by atoms with Crippen LogP contribution in [0.2, 0.25) is 0 Å². The summed E-state index contributed by atoms with van der Waals surface area (Å²) in [7, 11) is 0. The molecule has 4 heteroatoms. The van der Waals surface area contributed by atoms with Crippen LogP contribution in [0.5, 0.6) is 0 Å². The normalized spacial score (nSPS) is 14.2. The van der Waals surface area contributed by atoms with Gasteiger partial charge in [0.1, 0.15) is 0 Å². The van der Waals surface area contributed by atoms with Gasteiger partial charge in [-0.1, -0.05) is 0 Å². The highest BCUT2D eigenvalue weighted by molar-refractivity contribution is 5.90. The monoisotopic (exact) mass is 178 g/mol. The SMILES string of the molecule is CC(=O)c1nc2c(c(=O)[nH]1)CCC2. The van der Waals surface area contributed by atoms with Crippen LogP contribution in [0.15, 0.2) is 4.79 Å². The number of hydrogen-bond donors (Lipinski definition) is 1. The molecule has 0 spiro atoms.